The predicted molar refractivity (Wildman–Crippen MR) is 71.1 cm³/mol. The number of H-pyrrole nitrogens is 1. The quantitative estimate of drug-likeness (QED) is 0.459. The standard InChI is InChI=1S/C15H14N2O.HI/c1-12(17-14-7-9-16-10-8-14)11-15(18)13-5-3-2-4-6-13;/h2-11H,1H3,(H,16,17);1H. The van der Waals surface area contributed by atoms with E-state index in [0.717, 1.165) is 11.4 Å². The fourth-order valence-electron chi connectivity index (χ4n) is 1.62. The lowest BCUT2D eigenvalue weighted by molar-refractivity contribution is -0.377. The lowest BCUT2D eigenvalue weighted by atomic mass is 10.1. The Morgan fingerprint density at radius 1 is 1.11 bits per heavy atom. The fraction of sp³-hybridized carbons (Fsp3) is 0.0667. The van der Waals surface area contributed by atoms with E-state index in [-0.39, 0.29) is 29.8 Å². The van der Waals surface area contributed by atoms with E-state index in [1.165, 1.54) is 0 Å². The number of allylic oxidation sites excluding steroid dienone is 2. The normalized spacial score (nSPS) is 10.5. The summed E-state index contributed by atoms with van der Waals surface area (Å²) in [5.74, 6) is 0.00286. The summed E-state index contributed by atoms with van der Waals surface area (Å²) < 4.78 is 0. The molecule has 0 fully saturated rings. The summed E-state index contributed by atoms with van der Waals surface area (Å²) in [7, 11) is 0. The van der Waals surface area contributed by atoms with Crippen LogP contribution in [0.5, 0.6) is 0 Å². The highest BCUT2D eigenvalue weighted by molar-refractivity contribution is 6.05. The van der Waals surface area contributed by atoms with Crippen LogP contribution in [0.1, 0.15) is 17.3 Å². The van der Waals surface area contributed by atoms with Crippen molar-refractivity contribution < 1.29 is 33.8 Å². The molecule has 4 heteroatoms. The first-order valence-electron chi connectivity index (χ1n) is 5.76. The summed E-state index contributed by atoms with van der Waals surface area (Å²) in [6.45, 7) is 1.87. The first-order valence-corrected chi connectivity index (χ1v) is 5.76. The van der Waals surface area contributed by atoms with Crippen LogP contribution in [-0.2, 0) is 0 Å². The second kappa shape index (κ2) is 7.68. The molecule has 0 amide bonds. The molecule has 2 rings (SSSR count). The molecule has 0 atom stereocenters. The molecule has 98 valence electrons. The molecule has 0 aliphatic carbocycles. The van der Waals surface area contributed by atoms with Crippen LogP contribution in [0, 0.1) is 0 Å². The number of carbonyl (C=O) groups is 1. The summed E-state index contributed by atoms with van der Waals surface area (Å²) in [5.41, 5.74) is 2.46. The summed E-state index contributed by atoms with van der Waals surface area (Å²) in [4.78, 5) is 14.9. The Bertz CT molecular complexity index is 553. The Labute approximate surface area is 129 Å². The Morgan fingerprint density at radius 2 is 1.74 bits per heavy atom. The number of nitrogens with one attached hydrogen (secondary N) is 2. The molecule has 2 aromatic rings. The van der Waals surface area contributed by atoms with Crippen molar-refractivity contribution in [3.05, 3.63) is 72.2 Å². The lowest BCUT2D eigenvalue weighted by Crippen LogP contribution is -3.00. The van der Waals surface area contributed by atoms with Crippen molar-refractivity contribution in [1.29, 1.82) is 0 Å². The van der Waals surface area contributed by atoms with Crippen molar-refractivity contribution in [3.8, 4) is 0 Å². The van der Waals surface area contributed by atoms with Gasteiger partial charge < -0.3 is 29.3 Å². The van der Waals surface area contributed by atoms with Crippen molar-refractivity contribution in [1.82, 2.24) is 0 Å². The van der Waals surface area contributed by atoms with Gasteiger partial charge in [0.2, 0.25) is 0 Å². The van der Waals surface area contributed by atoms with Gasteiger partial charge in [-0.3, -0.25) is 4.79 Å². The smallest absolute Gasteiger partial charge is 0.187 e. The van der Waals surface area contributed by atoms with E-state index >= 15 is 0 Å². The molecule has 0 bridgehead atoms. The summed E-state index contributed by atoms with van der Waals surface area (Å²) >= 11 is 0. The maximum absolute atomic E-state index is 11.9. The van der Waals surface area contributed by atoms with Gasteiger partial charge in [-0.2, -0.15) is 0 Å². The van der Waals surface area contributed by atoms with Gasteiger partial charge >= 0.3 is 0 Å². The molecular formula is C15H15IN2O. The lowest BCUT2D eigenvalue weighted by Gasteiger charge is -2.04. The fourth-order valence-corrected chi connectivity index (χ4v) is 1.62. The van der Waals surface area contributed by atoms with E-state index in [2.05, 4.69) is 10.3 Å². The van der Waals surface area contributed by atoms with Crippen molar-refractivity contribution in [3.63, 3.8) is 0 Å². The van der Waals surface area contributed by atoms with Crippen LogP contribution in [0.15, 0.2) is 66.6 Å². The van der Waals surface area contributed by atoms with Gasteiger partial charge in [0.1, 0.15) is 0 Å². The first kappa shape index (κ1) is 15.4. The first-order chi connectivity index (χ1) is 8.75. The van der Waals surface area contributed by atoms with Gasteiger partial charge in [-0.15, -0.1) is 0 Å². The van der Waals surface area contributed by atoms with Crippen molar-refractivity contribution in [2.75, 3.05) is 5.32 Å². The van der Waals surface area contributed by atoms with E-state index in [1.807, 2.05) is 61.8 Å². The topological polar surface area (TPSA) is 43.2 Å². The van der Waals surface area contributed by atoms with Gasteiger partial charge in [0, 0.05) is 29.5 Å². The molecule has 3 nitrogen and oxygen atoms in total. The average molecular weight is 366 g/mol. The van der Waals surface area contributed by atoms with E-state index in [0.29, 0.717) is 5.56 Å². The maximum atomic E-state index is 11.9. The molecule has 0 saturated heterocycles. The Balaban J connectivity index is 0.00000180. The maximum Gasteiger partial charge on any atom is 0.187 e. The molecule has 0 unspecified atom stereocenters. The minimum absolute atomic E-state index is 0. The van der Waals surface area contributed by atoms with Gasteiger partial charge in [0.25, 0.3) is 0 Å². The Kier molecular flexibility index (Phi) is 6.21. The number of halogens is 1. The molecule has 1 heterocycles. The minimum atomic E-state index is 0. The molecule has 19 heavy (non-hydrogen) atoms. The van der Waals surface area contributed by atoms with Crippen LogP contribution in [-0.4, -0.2) is 5.78 Å². The number of aromatic nitrogens is 1. The van der Waals surface area contributed by atoms with Crippen molar-refractivity contribution >= 4 is 11.5 Å². The van der Waals surface area contributed by atoms with E-state index in [9.17, 15) is 4.79 Å². The number of hydrogen-bond donors (Lipinski definition) is 1. The zero-order valence-corrected chi connectivity index (χ0v) is 12.7. The van der Waals surface area contributed by atoms with Crippen LogP contribution >= 0.6 is 0 Å². The highest BCUT2D eigenvalue weighted by Gasteiger charge is 2.02. The monoisotopic (exact) mass is 366 g/mol. The van der Waals surface area contributed by atoms with Crippen LogP contribution in [0.4, 0.5) is 5.69 Å². The SMILES string of the molecule is CC(=CC(=O)c1ccccc1)Nc1cc[nH+]cc1.[I-]. The number of ketones is 1. The van der Waals surface area contributed by atoms with E-state index in [1.54, 1.807) is 6.08 Å². The molecule has 0 saturated carbocycles. The molecule has 1 aromatic heterocycles. The van der Waals surface area contributed by atoms with Crippen LogP contribution < -0.4 is 34.3 Å². The molecule has 1 aromatic carbocycles. The molecule has 0 aliphatic rings. The number of benzene rings is 1. The van der Waals surface area contributed by atoms with Crippen LogP contribution in [0.25, 0.3) is 0 Å². The number of hydrogen-bond acceptors (Lipinski definition) is 2. The van der Waals surface area contributed by atoms with E-state index < -0.39 is 0 Å². The Morgan fingerprint density at radius 3 is 2.37 bits per heavy atom. The van der Waals surface area contributed by atoms with Gasteiger partial charge in [-0.25, -0.2) is 4.98 Å². The highest BCUT2D eigenvalue weighted by atomic mass is 127. The molecular weight excluding hydrogens is 351 g/mol. The third-order valence-electron chi connectivity index (χ3n) is 2.47. The summed E-state index contributed by atoms with van der Waals surface area (Å²) in [6.07, 6.45) is 5.26. The van der Waals surface area contributed by atoms with Crippen LogP contribution in [0.3, 0.4) is 0 Å². The van der Waals surface area contributed by atoms with Gasteiger partial charge in [0.05, 0.1) is 5.69 Å². The highest BCUT2D eigenvalue weighted by Crippen LogP contribution is 2.08. The number of anilines is 1. The largest absolute Gasteiger partial charge is 1.00 e. The Hall–Kier alpha value is -1.69. The zero-order valence-electron chi connectivity index (χ0n) is 10.6. The van der Waals surface area contributed by atoms with Gasteiger partial charge in [0.15, 0.2) is 18.2 Å². The van der Waals surface area contributed by atoms with Crippen molar-refractivity contribution in [2.24, 2.45) is 0 Å². The second-order valence-corrected chi connectivity index (χ2v) is 3.97. The van der Waals surface area contributed by atoms with Crippen LogP contribution in [0.2, 0.25) is 0 Å². The van der Waals surface area contributed by atoms with Gasteiger partial charge in [-0.05, 0) is 6.92 Å². The minimum Gasteiger partial charge on any atom is -1.00 e. The van der Waals surface area contributed by atoms with E-state index in [4.69, 9.17) is 0 Å². The second-order valence-electron chi connectivity index (χ2n) is 3.97. The molecule has 0 aliphatic heterocycles. The van der Waals surface area contributed by atoms with Crippen molar-refractivity contribution in [2.45, 2.75) is 6.92 Å². The predicted octanol–water partition coefficient (Wildman–Crippen LogP) is -0.297. The molecule has 0 spiro atoms. The number of rotatable bonds is 4. The third kappa shape index (κ3) is 4.82. The third-order valence-corrected chi connectivity index (χ3v) is 2.47. The number of carbonyl (C=O) groups excluding carboxylic acids is 1. The summed E-state index contributed by atoms with van der Waals surface area (Å²) in [6, 6.07) is 13.0. The van der Waals surface area contributed by atoms with Gasteiger partial charge in [-0.1, -0.05) is 30.3 Å². The molecule has 0 radical (unpaired) electrons. The number of aromatic amines is 1. The number of pyridine rings is 1. The zero-order chi connectivity index (χ0) is 12.8. The average Bonchev–Trinajstić information content (AvgIpc) is 2.40. The molecule has 2 N–H and O–H groups in total. The summed E-state index contributed by atoms with van der Waals surface area (Å²) in [5, 5.41) is 3.16.